The number of hydrogen-bond acceptors (Lipinski definition) is 10. The van der Waals surface area contributed by atoms with Gasteiger partial charge >= 0.3 is 6.03 Å². The standard InChI is InChI=1S/C58H55N3O9/c1-65-47-28-20-42(21-29-47)57(41-16-10-6-11-17-41,43-22-30-48(66-2)31-23-43)55(64)38-52(61-37-36-56(59,60-54(61)63)53(62)40-14-8-5-9-15-40)70-51(55)39-69-58(44-18-12-7-13-19-44,45-24-32-49(67-3)33-25-45)46-26-34-50(68-4)35-27-46/h5-37,51-52,64H,38-39,59H2,1-4H3,(H,60,63)/t51-,52-,55+,56?/m1/s1. The molecule has 7 aromatic rings. The highest BCUT2D eigenvalue weighted by Crippen LogP contribution is 2.56. The van der Waals surface area contributed by atoms with Crippen molar-refractivity contribution in [2.45, 2.75) is 41.0 Å². The lowest BCUT2D eigenvalue weighted by Crippen LogP contribution is -2.65. The van der Waals surface area contributed by atoms with Gasteiger partial charge in [0.2, 0.25) is 5.78 Å². The number of ketones is 1. The fourth-order valence-corrected chi connectivity index (χ4v) is 10.1. The summed E-state index contributed by atoms with van der Waals surface area (Å²) >= 11 is 0. The van der Waals surface area contributed by atoms with Crippen molar-refractivity contribution >= 4 is 11.8 Å². The second-order valence-electron chi connectivity index (χ2n) is 17.3. The maximum atomic E-state index is 14.6. The first-order valence-electron chi connectivity index (χ1n) is 22.9. The molecular formula is C58H55N3O9. The quantitative estimate of drug-likeness (QED) is 0.0597. The normalized spacial score (nSPS) is 20.1. The summed E-state index contributed by atoms with van der Waals surface area (Å²) < 4.78 is 37.3. The number of urea groups is 1. The van der Waals surface area contributed by atoms with Crippen molar-refractivity contribution in [3.8, 4) is 23.0 Å². The average Bonchev–Trinajstić information content (AvgIpc) is 3.76. The van der Waals surface area contributed by atoms with Crippen LogP contribution in [0.5, 0.6) is 23.0 Å². The first-order valence-corrected chi connectivity index (χ1v) is 22.9. The molecule has 0 bridgehead atoms. The number of nitrogens with zero attached hydrogens (tertiary/aromatic N) is 1. The lowest BCUT2D eigenvalue weighted by Gasteiger charge is -2.49. The van der Waals surface area contributed by atoms with Crippen LogP contribution in [0.3, 0.4) is 0 Å². The third-order valence-corrected chi connectivity index (χ3v) is 13.6. The Balaban J connectivity index is 1.26. The highest BCUT2D eigenvalue weighted by molar-refractivity contribution is 6.06. The minimum atomic E-state index is -1.95. The fraction of sp³-hybridized carbons (Fsp3) is 0.207. The van der Waals surface area contributed by atoms with Crippen LogP contribution in [0, 0.1) is 0 Å². The summed E-state index contributed by atoms with van der Waals surface area (Å²) in [6, 6.07) is 58.0. The number of methoxy groups -OCH3 is 4. The molecular weight excluding hydrogens is 883 g/mol. The summed E-state index contributed by atoms with van der Waals surface area (Å²) in [7, 11) is 6.44. The van der Waals surface area contributed by atoms with Crippen LogP contribution < -0.4 is 30.0 Å². The first kappa shape index (κ1) is 47.3. The number of amides is 2. The Morgan fingerprint density at radius 2 is 1.00 bits per heavy atom. The van der Waals surface area contributed by atoms with Gasteiger partial charge in [-0.3, -0.25) is 15.4 Å². The van der Waals surface area contributed by atoms with E-state index >= 15 is 0 Å². The van der Waals surface area contributed by atoms with E-state index in [1.165, 1.54) is 17.2 Å². The number of benzene rings is 7. The highest BCUT2D eigenvalue weighted by Gasteiger charge is 2.64. The zero-order valence-electron chi connectivity index (χ0n) is 39.4. The van der Waals surface area contributed by atoms with Crippen LogP contribution in [0.4, 0.5) is 4.79 Å². The van der Waals surface area contributed by atoms with E-state index in [4.69, 9.17) is 34.2 Å². The number of ether oxygens (including phenoxy) is 6. The summed E-state index contributed by atoms with van der Waals surface area (Å²) in [6.45, 7) is -0.229. The third kappa shape index (κ3) is 8.34. The molecule has 1 fully saturated rings. The molecule has 0 spiro atoms. The minimum absolute atomic E-state index is 0.153. The molecule has 7 aromatic carbocycles. The van der Waals surface area contributed by atoms with Crippen LogP contribution in [0.1, 0.15) is 50.2 Å². The predicted molar refractivity (Wildman–Crippen MR) is 266 cm³/mol. The van der Waals surface area contributed by atoms with Gasteiger partial charge in [-0.1, -0.05) is 140 Å². The molecule has 0 aromatic heterocycles. The van der Waals surface area contributed by atoms with E-state index in [0.717, 1.165) is 22.3 Å². The molecule has 4 atom stereocenters. The molecule has 2 amide bonds. The van der Waals surface area contributed by atoms with Crippen molar-refractivity contribution in [2.75, 3.05) is 35.0 Å². The molecule has 9 rings (SSSR count). The zero-order valence-corrected chi connectivity index (χ0v) is 39.4. The molecule has 2 aliphatic rings. The molecule has 0 saturated carbocycles. The van der Waals surface area contributed by atoms with Gasteiger partial charge in [-0.25, -0.2) is 4.79 Å². The molecule has 1 saturated heterocycles. The molecule has 12 heteroatoms. The fourth-order valence-electron chi connectivity index (χ4n) is 10.1. The van der Waals surface area contributed by atoms with Crippen molar-refractivity contribution in [1.29, 1.82) is 0 Å². The van der Waals surface area contributed by atoms with E-state index < -0.39 is 46.4 Å². The Labute approximate surface area is 407 Å². The summed E-state index contributed by atoms with van der Waals surface area (Å²) in [5.74, 6) is 2.05. The maximum absolute atomic E-state index is 14.6. The highest BCUT2D eigenvalue weighted by atomic mass is 16.6. The number of nitrogens with two attached hydrogens (primary N) is 1. The zero-order chi connectivity index (χ0) is 48.9. The second-order valence-corrected chi connectivity index (χ2v) is 17.3. The average molecular weight is 938 g/mol. The molecule has 0 radical (unpaired) electrons. The summed E-state index contributed by atoms with van der Waals surface area (Å²) in [6.07, 6.45) is 0.430. The molecule has 356 valence electrons. The minimum Gasteiger partial charge on any atom is -0.497 e. The van der Waals surface area contributed by atoms with Gasteiger partial charge in [-0.2, -0.15) is 0 Å². The van der Waals surface area contributed by atoms with Crippen molar-refractivity contribution in [3.63, 3.8) is 0 Å². The Kier molecular flexibility index (Phi) is 13.3. The van der Waals surface area contributed by atoms with Gasteiger partial charge in [0, 0.05) is 18.2 Å². The lowest BCUT2D eigenvalue weighted by molar-refractivity contribution is -0.135. The first-order chi connectivity index (χ1) is 34.0. The van der Waals surface area contributed by atoms with Gasteiger partial charge in [0.25, 0.3) is 0 Å². The van der Waals surface area contributed by atoms with Gasteiger partial charge in [-0.15, -0.1) is 0 Å². The molecule has 4 N–H and O–H groups in total. The number of rotatable bonds is 17. The summed E-state index contributed by atoms with van der Waals surface area (Å²) in [5.41, 5.74) is 4.89. The Hall–Kier alpha value is -7.74. The van der Waals surface area contributed by atoms with Crippen LogP contribution in [0.25, 0.3) is 0 Å². The van der Waals surface area contributed by atoms with Crippen LogP contribution in [0.2, 0.25) is 0 Å². The SMILES string of the molecule is COc1ccc(C(OC[C@H]2O[C@@H](N3C=CC(N)(C(=O)c4ccccc4)NC3=O)C[C@@]2(O)C(c2ccccc2)(c2ccc(OC)cc2)c2ccc(OC)cc2)(c2ccccc2)c2ccc(OC)cc2)cc1. The van der Waals surface area contributed by atoms with E-state index in [-0.39, 0.29) is 13.0 Å². The van der Waals surface area contributed by atoms with Gasteiger partial charge < -0.3 is 38.8 Å². The molecule has 0 aliphatic carbocycles. The Bertz CT molecular complexity index is 2820. The monoisotopic (exact) mass is 937 g/mol. The maximum Gasteiger partial charge on any atom is 0.325 e. The number of hydrogen-bond donors (Lipinski definition) is 3. The van der Waals surface area contributed by atoms with Crippen molar-refractivity contribution in [3.05, 3.63) is 239 Å². The molecule has 2 heterocycles. The van der Waals surface area contributed by atoms with E-state index in [2.05, 4.69) is 5.32 Å². The summed E-state index contributed by atoms with van der Waals surface area (Å²) in [5, 5.41) is 17.3. The molecule has 70 heavy (non-hydrogen) atoms. The molecule has 2 aliphatic heterocycles. The van der Waals surface area contributed by atoms with Crippen LogP contribution in [-0.4, -0.2) is 80.5 Å². The van der Waals surface area contributed by atoms with Gasteiger partial charge in [-0.05, 0) is 88.0 Å². The predicted octanol–water partition coefficient (Wildman–Crippen LogP) is 8.99. The van der Waals surface area contributed by atoms with E-state index in [9.17, 15) is 14.7 Å². The van der Waals surface area contributed by atoms with Gasteiger partial charge in [0.15, 0.2) is 5.66 Å². The second kappa shape index (κ2) is 19.7. The van der Waals surface area contributed by atoms with Crippen LogP contribution in [-0.2, 0) is 20.5 Å². The Morgan fingerprint density at radius 3 is 1.43 bits per heavy atom. The van der Waals surface area contributed by atoms with E-state index in [1.807, 2.05) is 158 Å². The van der Waals surface area contributed by atoms with Crippen molar-refractivity contribution in [2.24, 2.45) is 5.73 Å². The van der Waals surface area contributed by atoms with Crippen LogP contribution in [0.15, 0.2) is 200 Å². The lowest BCUT2D eigenvalue weighted by atomic mass is 9.57. The molecule has 12 nitrogen and oxygen atoms in total. The Morgan fingerprint density at radius 1 is 0.614 bits per heavy atom. The number of Topliss-reactive ketones (excluding diaryl/α,β-unsaturated/α-hetero) is 1. The van der Waals surface area contributed by atoms with Crippen molar-refractivity contribution in [1.82, 2.24) is 10.2 Å². The molecule has 1 unspecified atom stereocenters. The van der Waals surface area contributed by atoms with E-state index in [0.29, 0.717) is 39.7 Å². The summed E-state index contributed by atoms with van der Waals surface area (Å²) in [4.78, 5) is 29.7. The van der Waals surface area contributed by atoms with E-state index in [1.54, 1.807) is 58.8 Å². The number of aliphatic hydroxyl groups is 1. The van der Waals surface area contributed by atoms with Gasteiger partial charge in [0.05, 0.1) is 40.5 Å². The van der Waals surface area contributed by atoms with Crippen molar-refractivity contribution < 1.29 is 43.1 Å². The number of nitrogens with one attached hydrogen (secondary N) is 1. The smallest absolute Gasteiger partial charge is 0.325 e. The van der Waals surface area contributed by atoms with Crippen LogP contribution >= 0.6 is 0 Å². The third-order valence-electron chi connectivity index (χ3n) is 13.6. The largest absolute Gasteiger partial charge is 0.497 e. The van der Waals surface area contributed by atoms with Gasteiger partial charge in [0.1, 0.15) is 46.5 Å². The topological polar surface area (TPSA) is 151 Å². The number of carbonyl (C=O) groups excluding carboxylic acids is 2. The number of carbonyl (C=O) groups is 2.